The minimum absolute atomic E-state index is 0.549. The number of hydrogen-bond acceptors (Lipinski definition) is 4. The van der Waals surface area contributed by atoms with Crippen molar-refractivity contribution in [1.29, 1.82) is 0 Å². The summed E-state index contributed by atoms with van der Waals surface area (Å²) in [5.41, 5.74) is 1.02. The molecule has 0 aromatic carbocycles. The van der Waals surface area contributed by atoms with Crippen molar-refractivity contribution in [2.75, 3.05) is 0 Å². The summed E-state index contributed by atoms with van der Waals surface area (Å²) in [6, 6.07) is 0. The highest BCUT2D eigenvalue weighted by Gasteiger charge is 2.11. The molecule has 4 nitrogen and oxygen atoms in total. The number of rotatable bonds is 4. The molecular formula is C11H13ClN4S. The van der Waals surface area contributed by atoms with E-state index in [1.54, 1.807) is 16.4 Å². The summed E-state index contributed by atoms with van der Waals surface area (Å²) in [5, 5.41) is 5.60. The van der Waals surface area contributed by atoms with Gasteiger partial charge in [-0.2, -0.15) is 5.10 Å². The van der Waals surface area contributed by atoms with Gasteiger partial charge in [0.25, 0.3) is 0 Å². The molecular weight excluding hydrogens is 256 g/mol. The molecule has 0 aliphatic rings. The highest BCUT2D eigenvalue weighted by atomic mass is 35.5. The van der Waals surface area contributed by atoms with Gasteiger partial charge in [-0.05, 0) is 6.42 Å². The molecule has 0 saturated heterocycles. The maximum absolute atomic E-state index is 6.09. The van der Waals surface area contributed by atoms with E-state index in [2.05, 4.69) is 22.0 Å². The van der Waals surface area contributed by atoms with Crippen molar-refractivity contribution in [3.63, 3.8) is 0 Å². The van der Waals surface area contributed by atoms with Crippen LogP contribution in [0.25, 0.3) is 0 Å². The maximum atomic E-state index is 6.09. The van der Waals surface area contributed by atoms with Crippen LogP contribution < -0.4 is 0 Å². The largest absolute Gasteiger partial charge is 0.275 e. The molecule has 2 aromatic heterocycles. The highest BCUT2D eigenvalue weighted by molar-refractivity contribution is 7.99. The Morgan fingerprint density at radius 1 is 1.41 bits per heavy atom. The van der Waals surface area contributed by atoms with Gasteiger partial charge in [-0.25, -0.2) is 9.97 Å². The number of halogens is 1. The van der Waals surface area contributed by atoms with Gasteiger partial charge < -0.3 is 0 Å². The third-order valence-electron chi connectivity index (χ3n) is 2.25. The van der Waals surface area contributed by atoms with Crippen molar-refractivity contribution in [3.8, 4) is 0 Å². The zero-order valence-electron chi connectivity index (χ0n) is 9.72. The molecule has 0 aliphatic heterocycles. The molecule has 0 fully saturated rings. The molecule has 0 N–H and O–H groups in total. The number of aromatic nitrogens is 4. The van der Waals surface area contributed by atoms with Crippen LogP contribution in [0.15, 0.2) is 28.6 Å². The van der Waals surface area contributed by atoms with E-state index in [0.717, 1.165) is 28.3 Å². The summed E-state index contributed by atoms with van der Waals surface area (Å²) in [5.74, 6) is 0. The topological polar surface area (TPSA) is 43.6 Å². The minimum atomic E-state index is 0.549. The van der Waals surface area contributed by atoms with Gasteiger partial charge in [-0.15, -0.1) is 0 Å². The van der Waals surface area contributed by atoms with E-state index in [4.69, 9.17) is 11.6 Å². The van der Waals surface area contributed by atoms with Crippen molar-refractivity contribution < 1.29 is 0 Å². The van der Waals surface area contributed by atoms with Crippen molar-refractivity contribution in [2.24, 2.45) is 7.05 Å². The Bertz CT molecular complexity index is 512. The molecule has 0 aliphatic carbocycles. The molecule has 90 valence electrons. The Hall–Kier alpha value is -1.07. The van der Waals surface area contributed by atoms with E-state index >= 15 is 0 Å². The fourth-order valence-electron chi connectivity index (χ4n) is 1.49. The predicted molar refractivity (Wildman–Crippen MR) is 68.4 cm³/mol. The molecule has 0 atom stereocenters. The molecule has 0 bridgehead atoms. The summed E-state index contributed by atoms with van der Waals surface area (Å²) in [6.45, 7) is 2.11. The zero-order valence-corrected chi connectivity index (χ0v) is 11.3. The fraction of sp³-hybridized carbons (Fsp3) is 0.364. The molecule has 0 radical (unpaired) electrons. The van der Waals surface area contributed by atoms with Crippen LogP contribution in [0, 0.1) is 0 Å². The van der Waals surface area contributed by atoms with Crippen LogP contribution in [0.2, 0.25) is 5.15 Å². The van der Waals surface area contributed by atoms with Crippen LogP contribution in [0.1, 0.15) is 18.9 Å². The number of nitrogens with zero attached hydrogens (tertiary/aromatic N) is 4. The second-order valence-corrected chi connectivity index (χ2v) is 5.07. The lowest BCUT2D eigenvalue weighted by atomic mass is 10.2. The van der Waals surface area contributed by atoms with Crippen LogP contribution in [0.4, 0.5) is 0 Å². The zero-order chi connectivity index (χ0) is 12.3. The van der Waals surface area contributed by atoms with E-state index in [-0.39, 0.29) is 0 Å². The van der Waals surface area contributed by atoms with Gasteiger partial charge in [-0.3, -0.25) is 4.68 Å². The molecule has 17 heavy (non-hydrogen) atoms. The van der Waals surface area contributed by atoms with Crippen molar-refractivity contribution in [2.45, 2.75) is 29.7 Å². The van der Waals surface area contributed by atoms with Gasteiger partial charge in [0, 0.05) is 18.8 Å². The van der Waals surface area contributed by atoms with E-state index in [1.165, 1.54) is 6.33 Å². The van der Waals surface area contributed by atoms with Crippen molar-refractivity contribution in [3.05, 3.63) is 29.4 Å². The van der Waals surface area contributed by atoms with Gasteiger partial charge in [0.15, 0.2) is 0 Å². The summed E-state index contributed by atoms with van der Waals surface area (Å²) in [4.78, 5) is 9.37. The SMILES string of the molecule is CCCc1c(Cl)ncnc1Sc1cnn(C)c1. The summed E-state index contributed by atoms with van der Waals surface area (Å²) < 4.78 is 1.77. The first-order chi connectivity index (χ1) is 8.20. The predicted octanol–water partition coefficient (Wildman–Crippen LogP) is 2.97. The normalized spacial score (nSPS) is 10.8. The minimum Gasteiger partial charge on any atom is -0.275 e. The standard InChI is InChI=1S/C11H13ClN4S/c1-3-4-9-10(12)13-7-14-11(9)17-8-5-15-16(2)6-8/h5-7H,3-4H2,1-2H3. The van der Waals surface area contributed by atoms with Gasteiger partial charge >= 0.3 is 0 Å². The molecule has 2 heterocycles. The maximum Gasteiger partial charge on any atom is 0.136 e. The molecule has 2 rings (SSSR count). The average molecular weight is 269 g/mol. The van der Waals surface area contributed by atoms with Gasteiger partial charge in [0.1, 0.15) is 16.5 Å². The van der Waals surface area contributed by atoms with Crippen molar-refractivity contribution >= 4 is 23.4 Å². The Kier molecular flexibility index (Phi) is 4.02. The lowest BCUT2D eigenvalue weighted by molar-refractivity contribution is 0.766. The Morgan fingerprint density at radius 2 is 2.24 bits per heavy atom. The highest BCUT2D eigenvalue weighted by Crippen LogP contribution is 2.31. The van der Waals surface area contributed by atoms with Gasteiger partial charge in [0.2, 0.25) is 0 Å². The molecule has 2 aromatic rings. The van der Waals surface area contributed by atoms with E-state index in [9.17, 15) is 0 Å². The van der Waals surface area contributed by atoms with E-state index in [1.807, 2.05) is 19.4 Å². The molecule has 6 heteroatoms. The molecule has 0 saturated carbocycles. The smallest absolute Gasteiger partial charge is 0.136 e. The van der Waals surface area contributed by atoms with Crippen LogP contribution >= 0.6 is 23.4 Å². The summed E-state index contributed by atoms with van der Waals surface area (Å²) in [6.07, 6.45) is 7.18. The van der Waals surface area contributed by atoms with Crippen molar-refractivity contribution in [1.82, 2.24) is 19.7 Å². The average Bonchev–Trinajstić information content (AvgIpc) is 2.69. The first kappa shape index (κ1) is 12.4. The van der Waals surface area contributed by atoms with Crippen LogP contribution in [-0.2, 0) is 13.5 Å². The molecule has 0 unspecified atom stereocenters. The molecule has 0 amide bonds. The Labute approximate surface area is 109 Å². The second-order valence-electron chi connectivity index (χ2n) is 3.65. The Balaban J connectivity index is 2.28. The summed E-state index contributed by atoms with van der Waals surface area (Å²) in [7, 11) is 1.89. The quantitative estimate of drug-likeness (QED) is 0.800. The fourth-order valence-corrected chi connectivity index (χ4v) is 2.72. The first-order valence-corrected chi connectivity index (χ1v) is 6.56. The van der Waals surface area contributed by atoms with Gasteiger partial charge in [-0.1, -0.05) is 36.7 Å². The lowest BCUT2D eigenvalue weighted by Gasteiger charge is -2.06. The Morgan fingerprint density at radius 3 is 2.88 bits per heavy atom. The third-order valence-corrected chi connectivity index (χ3v) is 3.57. The molecule has 0 spiro atoms. The number of hydrogen-bond donors (Lipinski definition) is 0. The third kappa shape index (κ3) is 2.98. The first-order valence-electron chi connectivity index (χ1n) is 5.36. The monoisotopic (exact) mass is 268 g/mol. The van der Waals surface area contributed by atoms with E-state index in [0.29, 0.717) is 5.15 Å². The summed E-state index contributed by atoms with van der Waals surface area (Å²) >= 11 is 7.66. The van der Waals surface area contributed by atoms with Crippen LogP contribution in [-0.4, -0.2) is 19.7 Å². The number of aryl methyl sites for hydroxylation is 1. The van der Waals surface area contributed by atoms with Crippen LogP contribution in [0.5, 0.6) is 0 Å². The lowest BCUT2D eigenvalue weighted by Crippen LogP contribution is -1.95. The van der Waals surface area contributed by atoms with E-state index < -0.39 is 0 Å². The van der Waals surface area contributed by atoms with Gasteiger partial charge in [0.05, 0.1) is 11.1 Å². The van der Waals surface area contributed by atoms with Crippen LogP contribution in [0.3, 0.4) is 0 Å². The second kappa shape index (κ2) is 5.51.